The van der Waals surface area contributed by atoms with Crippen molar-refractivity contribution in [3.63, 3.8) is 0 Å². The minimum atomic E-state index is -3.91. The van der Waals surface area contributed by atoms with Gasteiger partial charge in [-0.3, -0.25) is 4.79 Å². The van der Waals surface area contributed by atoms with E-state index in [9.17, 15) is 13.2 Å². The molecule has 0 aliphatic rings. The number of rotatable bonds is 7. The predicted octanol–water partition coefficient (Wildman–Crippen LogP) is 4.94. The molecule has 2 aromatic carbocycles. The molecule has 178 valence electrons. The molecule has 11 heteroatoms. The van der Waals surface area contributed by atoms with E-state index in [1.54, 1.807) is 62.5 Å². The van der Waals surface area contributed by atoms with Gasteiger partial charge >= 0.3 is 0 Å². The molecule has 0 spiro atoms. The van der Waals surface area contributed by atoms with E-state index < -0.39 is 15.9 Å². The molecular formula is C24H21ClN6O3S. The number of carbonyl (C=O) groups is 1. The van der Waals surface area contributed by atoms with Crippen molar-refractivity contribution in [2.75, 3.05) is 15.4 Å². The molecule has 0 fully saturated rings. The smallest absolute Gasteiger partial charge is 0.264 e. The number of amides is 1. The van der Waals surface area contributed by atoms with E-state index in [4.69, 9.17) is 11.6 Å². The zero-order valence-electron chi connectivity index (χ0n) is 18.8. The molecule has 4 aromatic rings. The molecule has 3 N–H and O–H groups in total. The highest BCUT2D eigenvalue weighted by molar-refractivity contribution is 7.92. The lowest BCUT2D eigenvalue weighted by molar-refractivity contribution is 0.102. The fourth-order valence-electron chi connectivity index (χ4n) is 3.26. The highest BCUT2D eigenvalue weighted by Crippen LogP contribution is 2.23. The number of hydrogen-bond donors (Lipinski definition) is 3. The third kappa shape index (κ3) is 6.11. The highest BCUT2D eigenvalue weighted by atomic mass is 35.5. The summed E-state index contributed by atoms with van der Waals surface area (Å²) in [5, 5.41) is 6.39. The van der Waals surface area contributed by atoms with Crippen LogP contribution in [0.15, 0.2) is 77.8 Å². The molecule has 0 bridgehead atoms. The van der Waals surface area contributed by atoms with Crippen LogP contribution in [0.3, 0.4) is 0 Å². The molecule has 0 unspecified atom stereocenters. The number of sulfonamides is 1. The van der Waals surface area contributed by atoms with Crippen LogP contribution < -0.4 is 15.4 Å². The summed E-state index contributed by atoms with van der Waals surface area (Å²) in [5.74, 6) is -0.0692. The SMILES string of the molecule is Cc1cc(C)nc(NS(=O)(=O)c2ccc(NC(=O)c3cccnc3Nc3cccc(Cl)c3)cc2)n1. The molecule has 0 aliphatic heterocycles. The molecule has 9 nitrogen and oxygen atoms in total. The summed E-state index contributed by atoms with van der Waals surface area (Å²) in [6, 6.07) is 17.8. The minimum absolute atomic E-state index is 0.00273. The van der Waals surface area contributed by atoms with Crippen LogP contribution in [-0.4, -0.2) is 29.3 Å². The second-order valence-corrected chi connectivity index (χ2v) is 9.71. The number of pyridine rings is 1. The lowest BCUT2D eigenvalue weighted by Crippen LogP contribution is -2.16. The van der Waals surface area contributed by atoms with Gasteiger partial charge in [0.05, 0.1) is 10.5 Å². The van der Waals surface area contributed by atoms with E-state index in [1.807, 2.05) is 0 Å². The van der Waals surface area contributed by atoms with Crippen molar-refractivity contribution >= 4 is 50.7 Å². The Morgan fingerprint density at radius 2 is 1.60 bits per heavy atom. The van der Waals surface area contributed by atoms with Crippen LogP contribution in [0, 0.1) is 13.8 Å². The Hall–Kier alpha value is -4.02. The number of aromatic nitrogens is 3. The quantitative estimate of drug-likeness (QED) is 0.323. The summed E-state index contributed by atoms with van der Waals surface area (Å²) in [4.78, 5) is 25.4. The van der Waals surface area contributed by atoms with Gasteiger partial charge in [-0.05, 0) is 74.5 Å². The molecule has 1 amide bonds. The molecule has 0 aliphatic carbocycles. The second kappa shape index (κ2) is 10.1. The summed E-state index contributed by atoms with van der Waals surface area (Å²) in [7, 11) is -3.91. The van der Waals surface area contributed by atoms with Crippen molar-refractivity contribution in [1.29, 1.82) is 0 Å². The first-order valence-electron chi connectivity index (χ1n) is 10.4. The molecule has 0 atom stereocenters. The molecule has 2 aromatic heterocycles. The first-order chi connectivity index (χ1) is 16.7. The van der Waals surface area contributed by atoms with Crippen LogP contribution in [0.4, 0.5) is 23.1 Å². The van der Waals surface area contributed by atoms with E-state index in [2.05, 4.69) is 30.3 Å². The standard InChI is InChI=1S/C24H21ClN6O3S/c1-15-13-16(2)28-24(27-15)31-35(33,34)20-10-8-18(9-11-20)30-23(32)21-7-4-12-26-22(21)29-19-6-3-5-17(25)14-19/h3-14H,1-2H3,(H,26,29)(H,30,32)(H,27,28,31). The summed E-state index contributed by atoms with van der Waals surface area (Å²) in [6.07, 6.45) is 1.57. The Bertz CT molecular complexity index is 1470. The number of halogens is 1. The number of nitrogens with zero attached hydrogens (tertiary/aromatic N) is 3. The van der Waals surface area contributed by atoms with E-state index in [0.717, 1.165) is 0 Å². The maximum Gasteiger partial charge on any atom is 0.264 e. The average Bonchev–Trinajstić information content (AvgIpc) is 2.79. The van der Waals surface area contributed by atoms with Crippen LogP contribution in [-0.2, 0) is 10.0 Å². The van der Waals surface area contributed by atoms with E-state index in [1.165, 1.54) is 24.3 Å². The number of nitrogens with one attached hydrogen (secondary N) is 3. The van der Waals surface area contributed by atoms with Gasteiger partial charge in [-0.2, -0.15) is 0 Å². The van der Waals surface area contributed by atoms with Gasteiger partial charge < -0.3 is 10.6 Å². The third-order valence-electron chi connectivity index (χ3n) is 4.77. The zero-order valence-corrected chi connectivity index (χ0v) is 20.4. The van der Waals surface area contributed by atoms with E-state index >= 15 is 0 Å². The maximum atomic E-state index is 12.9. The Labute approximate surface area is 207 Å². The monoisotopic (exact) mass is 508 g/mol. The highest BCUT2D eigenvalue weighted by Gasteiger charge is 2.17. The Balaban J connectivity index is 1.49. The summed E-state index contributed by atoms with van der Waals surface area (Å²) in [5.41, 5.74) is 2.69. The second-order valence-electron chi connectivity index (χ2n) is 7.59. The average molecular weight is 509 g/mol. The van der Waals surface area contributed by atoms with Gasteiger partial charge in [-0.25, -0.2) is 28.1 Å². The van der Waals surface area contributed by atoms with Crippen molar-refractivity contribution in [1.82, 2.24) is 15.0 Å². The molecular weight excluding hydrogens is 488 g/mol. The van der Waals surface area contributed by atoms with Gasteiger partial charge in [-0.15, -0.1) is 0 Å². The lowest BCUT2D eigenvalue weighted by atomic mass is 10.2. The summed E-state index contributed by atoms with van der Waals surface area (Å²) >= 11 is 6.03. The van der Waals surface area contributed by atoms with Crippen molar-refractivity contribution in [3.8, 4) is 0 Å². The Morgan fingerprint density at radius 1 is 0.886 bits per heavy atom. The molecule has 4 rings (SSSR count). The number of benzene rings is 2. The van der Waals surface area contributed by atoms with E-state index in [0.29, 0.717) is 39.2 Å². The molecule has 2 heterocycles. The molecule has 0 saturated heterocycles. The zero-order chi connectivity index (χ0) is 25.0. The van der Waals surface area contributed by atoms with Crippen LogP contribution >= 0.6 is 11.6 Å². The topological polar surface area (TPSA) is 126 Å². The van der Waals surface area contributed by atoms with Gasteiger partial charge in [0.2, 0.25) is 5.95 Å². The van der Waals surface area contributed by atoms with Crippen molar-refractivity contribution in [2.24, 2.45) is 0 Å². The third-order valence-corrected chi connectivity index (χ3v) is 6.35. The normalized spacial score (nSPS) is 11.1. The minimum Gasteiger partial charge on any atom is -0.340 e. The molecule has 35 heavy (non-hydrogen) atoms. The Kier molecular flexibility index (Phi) is 6.94. The van der Waals surface area contributed by atoms with Crippen LogP contribution in [0.25, 0.3) is 0 Å². The van der Waals surface area contributed by atoms with Gasteiger partial charge in [0, 0.05) is 34.0 Å². The van der Waals surface area contributed by atoms with Gasteiger partial charge in [0.25, 0.3) is 15.9 Å². The lowest BCUT2D eigenvalue weighted by Gasteiger charge is -2.12. The van der Waals surface area contributed by atoms with Crippen molar-refractivity contribution in [3.05, 3.63) is 94.9 Å². The van der Waals surface area contributed by atoms with E-state index in [-0.39, 0.29) is 10.8 Å². The molecule has 0 saturated carbocycles. The van der Waals surface area contributed by atoms with Gasteiger partial charge in [0.15, 0.2) is 0 Å². The Morgan fingerprint density at radius 3 is 2.29 bits per heavy atom. The van der Waals surface area contributed by atoms with Crippen molar-refractivity contribution in [2.45, 2.75) is 18.7 Å². The first kappa shape index (κ1) is 24.1. The molecule has 0 radical (unpaired) electrons. The predicted molar refractivity (Wildman–Crippen MR) is 136 cm³/mol. The number of carbonyl (C=O) groups excluding carboxylic acids is 1. The van der Waals surface area contributed by atoms with Crippen molar-refractivity contribution < 1.29 is 13.2 Å². The number of anilines is 4. The number of aryl methyl sites for hydroxylation is 2. The van der Waals surface area contributed by atoms with Crippen LogP contribution in [0.5, 0.6) is 0 Å². The van der Waals surface area contributed by atoms with Crippen LogP contribution in [0.2, 0.25) is 5.02 Å². The summed E-state index contributed by atoms with van der Waals surface area (Å²) < 4.78 is 27.8. The summed E-state index contributed by atoms with van der Waals surface area (Å²) in [6.45, 7) is 3.50. The van der Waals surface area contributed by atoms with Gasteiger partial charge in [-0.1, -0.05) is 17.7 Å². The first-order valence-corrected chi connectivity index (χ1v) is 12.3. The fourth-order valence-corrected chi connectivity index (χ4v) is 4.39. The van der Waals surface area contributed by atoms with Gasteiger partial charge in [0.1, 0.15) is 5.82 Å². The van der Waals surface area contributed by atoms with Crippen LogP contribution in [0.1, 0.15) is 21.7 Å². The largest absolute Gasteiger partial charge is 0.340 e. The number of hydrogen-bond acceptors (Lipinski definition) is 7. The fraction of sp³-hybridized carbons (Fsp3) is 0.0833. The maximum absolute atomic E-state index is 12.9.